The molecule has 9 nitrogen and oxygen atoms in total. The number of rotatable bonds is 8. The molecule has 1 saturated heterocycles. The summed E-state index contributed by atoms with van der Waals surface area (Å²) in [5.41, 5.74) is 1.02. The van der Waals surface area contributed by atoms with Crippen LogP contribution in [0.15, 0.2) is 17.3 Å². The predicted molar refractivity (Wildman–Crippen MR) is 106 cm³/mol. The van der Waals surface area contributed by atoms with Crippen LogP contribution in [0.2, 0.25) is 0 Å². The molecule has 0 spiro atoms. The Kier molecular flexibility index (Phi) is 8.06. The molecule has 0 atom stereocenters. The third-order valence-corrected chi connectivity index (χ3v) is 6.21. The highest BCUT2D eigenvalue weighted by atomic mass is 32.2. The van der Waals surface area contributed by atoms with E-state index >= 15 is 0 Å². The van der Waals surface area contributed by atoms with E-state index < -0.39 is 10.0 Å². The number of nitrogens with one attached hydrogen (secondary N) is 1. The van der Waals surface area contributed by atoms with Crippen molar-refractivity contribution in [1.82, 2.24) is 24.3 Å². The van der Waals surface area contributed by atoms with Gasteiger partial charge < -0.3 is 15.0 Å². The number of guanidine groups is 1. The molecule has 0 bridgehead atoms. The highest BCUT2D eigenvalue weighted by Gasteiger charge is 2.28. The van der Waals surface area contributed by atoms with E-state index in [0.29, 0.717) is 32.7 Å². The van der Waals surface area contributed by atoms with Gasteiger partial charge in [-0.3, -0.25) is 4.68 Å². The van der Waals surface area contributed by atoms with Gasteiger partial charge in [0.05, 0.1) is 30.7 Å². The fourth-order valence-electron chi connectivity index (χ4n) is 2.83. The molecule has 154 valence electrons. The molecular formula is C17H32N6O3S. The molecule has 0 saturated carbocycles. The van der Waals surface area contributed by atoms with Crippen molar-refractivity contribution in [3.63, 3.8) is 0 Å². The summed E-state index contributed by atoms with van der Waals surface area (Å²) in [6.07, 6.45) is 1.79. The maximum Gasteiger partial charge on any atom is 0.216 e. The van der Waals surface area contributed by atoms with Crippen LogP contribution in [-0.2, 0) is 28.4 Å². The van der Waals surface area contributed by atoms with Crippen molar-refractivity contribution in [2.24, 2.45) is 12.0 Å². The summed E-state index contributed by atoms with van der Waals surface area (Å²) in [5, 5.41) is 7.45. The maximum absolute atomic E-state index is 12.5. The molecule has 1 aromatic rings. The van der Waals surface area contributed by atoms with Crippen LogP contribution >= 0.6 is 0 Å². The molecule has 1 aliphatic rings. The van der Waals surface area contributed by atoms with Gasteiger partial charge >= 0.3 is 0 Å². The number of aryl methyl sites for hydroxylation is 1. The molecule has 1 fully saturated rings. The van der Waals surface area contributed by atoms with Gasteiger partial charge in [-0.05, 0) is 26.8 Å². The monoisotopic (exact) mass is 400 g/mol. The Balaban J connectivity index is 1.92. The lowest BCUT2D eigenvalue weighted by Gasteiger charge is -2.35. The van der Waals surface area contributed by atoms with E-state index in [4.69, 9.17) is 4.74 Å². The Morgan fingerprint density at radius 3 is 2.59 bits per heavy atom. The average molecular weight is 401 g/mol. The lowest BCUT2D eigenvalue weighted by atomic mass is 10.4. The maximum atomic E-state index is 12.5. The number of sulfonamides is 1. The van der Waals surface area contributed by atoms with Gasteiger partial charge in [-0.25, -0.2) is 13.4 Å². The quantitative estimate of drug-likeness (QED) is 0.497. The fraction of sp³-hybridized carbons (Fsp3) is 0.765. The molecule has 0 radical (unpaired) electrons. The molecule has 0 aromatic carbocycles. The zero-order valence-corrected chi connectivity index (χ0v) is 17.6. The molecular weight excluding hydrogens is 368 g/mol. The van der Waals surface area contributed by atoms with Crippen molar-refractivity contribution < 1.29 is 13.2 Å². The lowest BCUT2D eigenvalue weighted by Crippen LogP contribution is -2.54. The first kappa shape index (κ1) is 21.6. The van der Waals surface area contributed by atoms with E-state index in [-0.39, 0.29) is 18.5 Å². The van der Waals surface area contributed by atoms with Gasteiger partial charge in [0.25, 0.3) is 0 Å². The standard InChI is InChI=1S/C17H32N6O3S/c1-5-18-17(19-14-16-6-7-20-21(16)4)22-8-10-23(11-9-22)27(24,25)13-12-26-15(2)3/h6-7,15H,5,8-14H2,1-4H3,(H,18,19). The summed E-state index contributed by atoms with van der Waals surface area (Å²) in [4.78, 5) is 6.79. The van der Waals surface area contributed by atoms with Crippen LogP contribution in [0.4, 0.5) is 0 Å². The first-order chi connectivity index (χ1) is 12.8. The lowest BCUT2D eigenvalue weighted by molar-refractivity contribution is 0.0904. The molecule has 1 aromatic heterocycles. The molecule has 2 heterocycles. The summed E-state index contributed by atoms with van der Waals surface area (Å²) >= 11 is 0. The van der Waals surface area contributed by atoms with E-state index in [1.54, 1.807) is 15.2 Å². The van der Waals surface area contributed by atoms with E-state index in [1.165, 1.54) is 0 Å². The zero-order chi connectivity index (χ0) is 19.9. The smallest absolute Gasteiger partial charge is 0.216 e. The minimum Gasteiger partial charge on any atom is -0.378 e. The van der Waals surface area contributed by atoms with Crippen molar-refractivity contribution in [3.8, 4) is 0 Å². The van der Waals surface area contributed by atoms with E-state index in [2.05, 4.69) is 20.3 Å². The second-order valence-corrected chi connectivity index (χ2v) is 8.83. The topological polar surface area (TPSA) is 92.1 Å². The number of aliphatic imine (C=N–C) groups is 1. The molecule has 1 aliphatic heterocycles. The van der Waals surface area contributed by atoms with E-state index in [1.807, 2.05) is 33.9 Å². The first-order valence-corrected chi connectivity index (χ1v) is 11.0. The van der Waals surface area contributed by atoms with Crippen LogP contribution < -0.4 is 5.32 Å². The fourth-order valence-corrected chi connectivity index (χ4v) is 4.12. The summed E-state index contributed by atoms with van der Waals surface area (Å²) in [5.74, 6) is 0.832. The molecule has 0 unspecified atom stereocenters. The Labute approximate surface area is 162 Å². The van der Waals surface area contributed by atoms with E-state index in [0.717, 1.165) is 18.2 Å². The van der Waals surface area contributed by atoms with Crippen molar-refractivity contribution in [3.05, 3.63) is 18.0 Å². The molecule has 2 rings (SSSR count). The van der Waals surface area contributed by atoms with Crippen molar-refractivity contribution in [1.29, 1.82) is 0 Å². The van der Waals surface area contributed by atoms with Crippen LogP contribution in [0.25, 0.3) is 0 Å². The second-order valence-electron chi connectivity index (χ2n) is 6.74. The van der Waals surface area contributed by atoms with Gasteiger partial charge in [-0.2, -0.15) is 9.40 Å². The molecule has 0 amide bonds. The van der Waals surface area contributed by atoms with Gasteiger partial charge in [-0.1, -0.05) is 0 Å². The normalized spacial score (nSPS) is 16.9. The van der Waals surface area contributed by atoms with Crippen molar-refractivity contribution in [2.45, 2.75) is 33.4 Å². The molecule has 1 N–H and O–H groups in total. The van der Waals surface area contributed by atoms with Crippen LogP contribution in [0.1, 0.15) is 26.5 Å². The number of ether oxygens (including phenoxy) is 1. The Morgan fingerprint density at radius 2 is 2.04 bits per heavy atom. The zero-order valence-electron chi connectivity index (χ0n) is 16.8. The minimum absolute atomic E-state index is 0.0276. The minimum atomic E-state index is -3.28. The predicted octanol–water partition coefficient (Wildman–Crippen LogP) is 0.258. The van der Waals surface area contributed by atoms with Crippen LogP contribution in [0.5, 0.6) is 0 Å². The number of hydrogen-bond acceptors (Lipinski definition) is 5. The van der Waals surface area contributed by atoms with Gasteiger partial charge in [-0.15, -0.1) is 0 Å². The van der Waals surface area contributed by atoms with Gasteiger partial charge in [0.1, 0.15) is 0 Å². The van der Waals surface area contributed by atoms with Crippen LogP contribution in [0, 0.1) is 0 Å². The van der Waals surface area contributed by atoms with Crippen LogP contribution in [0.3, 0.4) is 0 Å². The highest BCUT2D eigenvalue weighted by Crippen LogP contribution is 2.10. The Morgan fingerprint density at radius 1 is 1.33 bits per heavy atom. The molecule has 0 aliphatic carbocycles. The van der Waals surface area contributed by atoms with E-state index in [9.17, 15) is 8.42 Å². The number of hydrogen-bond donors (Lipinski definition) is 1. The third kappa shape index (κ3) is 6.47. The first-order valence-electron chi connectivity index (χ1n) is 9.43. The number of piperazine rings is 1. The third-order valence-electron chi connectivity index (χ3n) is 4.37. The summed E-state index contributed by atoms with van der Waals surface area (Å²) in [6.45, 7) is 9.49. The van der Waals surface area contributed by atoms with Gasteiger partial charge in [0.15, 0.2) is 5.96 Å². The van der Waals surface area contributed by atoms with Crippen LogP contribution in [-0.4, -0.2) is 84.6 Å². The van der Waals surface area contributed by atoms with Gasteiger partial charge in [0.2, 0.25) is 10.0 Å². The SMILES string of the molecule is CCNC(=NCc1ccnn1C)N1CCN(S(=O)(=O)CCOC(C)C)CC1. The number of nitrogens with zero attached hydrogens (tertiary/aromatic N) is 5. The largest absolute Gasteiger partial charge is 0.378 e. The summed E-state index contributed by atoms with van der Waals surface area (Å²) < 4.78 is 33.7. The summed E-state index contributed by atoms with van der Waals surface area (Å²) in [6, 6.07) is 1.94. The Hall–Kier alpha value is -1.65. The highest BCUT2D eigenvalue weighted by molar-refractivity contribution is 7.89. The molecule has 27 heavy (non-hydrogen) atoms. The van der Waals surface area contributed by atoms with Crippen molar-refractivity contribution >= 4 is 16.0 Å². The molecule has 10 heteroatoms. The second kappa shape index (κ2) is 10.0. The van der Waals surface area contributed by atoms with Gasteiger partial charge in [0, 0.05) is 46.0 Å². The van der Waals surface area contributed by atoms with Crippen molar-refractivity contribution in [2.75, 3.05) is 45.1 Å². The number of aromatic nitrogens is 2. The average Bonchev–Trinajstić information content (AvgIpc) is 3.03. The Bertz CT molecular complexity index is 708. The summed E-state index contributed by atoms with van der Waals surface area (Å²) in [7, 11) is -1.39.